The van der Waals surface area contributed by atoms with Crippen LogP contribution in [0.25, 0.3) is 11.0 Å². The zero-order valence-electron chi connectivity index (χ0n) is 12.4. The summed E-state index contributed by atoms with van der Waals surface area (Å²) < 4.78 is 5.43. The predicted octanol–water partition coefficient (Wildman–Crippen LogP) is 1.63. The molecule has 4 nitrogen and oxygen atoms in total. The highest BCUT2D eigenvalue weighted by atomic mass is 16.4. The highest BCUT2D eigenvalue weighted by molar-refractivity contribution is 5.84. The SMILES string of the molecule is CCc1cc(=O)oc2c(C[NH+]3CCCCC3)c(O)ccc12. The Morgan fingerprint density at radius 3 is 2.71 bits per heavy atom. The lowest BCUT2D eigenvalue weighted by atomic mass is 10.0. The standard InChI is InChI=1S/C17H21NO3/c1-2-12-10-16(20)21-17-13(12)6-7-15(19)14(17)11-18-8-4-3-5-9-18/h6-7,10,19H,2-5,8-9,11H2,1H3/p+1. The lowest BCUT2D eigenvalue weighted by Crippen LogP contribution is -3.11. The van der Waals surface area contributed by atoms with Crippen molar-refractivity contribution in [3.8, 4) is 5.75 Å². The molecule has 0 saturated carbocycles. The number of hydrogen-bond acceptors (Lipinski definition) is 3. The second-order valence-electron chi connectivity index (χ2n) is 5.87. The van der Waals surface area contributed by atoms with Gasteiger partial charge in [0.1, 0.15) is 12.3 Å². The Morgan fingerprint density at radius 1 is 1.24 bits per heavy atom. The summed E-state index contributed by atoms with van der Waals surface area (Å²) in [4.78, 5) is 13.2. The summed E-state index contributed by atoms with van der Waals surface area (Å²) in [6.45, 7) is 4.98. The summed E-state index contributed by atoms with van der Waals surface area (Å²) in [5.74, 6) is 0.233. The van der Waals surface area contributed by atoms with E-state index in [0.29, 0.717) is 5.58 Å². The van der Waals surface area contributed by atoms with Gasteiger partial charge >= 0.3 is 5.63 Å². The topological polar surface area (TPSA) is 54.9 Å². The van der Waals surface area contributed by atoms with Crippen molar-refractivity contribution in [3.63, 3.8) is 0 Å². The maximum Gasteiger partial charge on any atom is 0.336 e. The van der Waals surface area contributed by atoms with Crippen molar-refractivity contribution in [1.29, 1.82) is 0 Å². The van der Waals surface area contributed by atoms with E-state index in [0.717, 1.165) is 42.6 Å². The number of piperidine rings is 1. The number of phenolic OH excluding ortho intramolecular Hbond substituents is 1. The zero-order valence-corrected chi connectivity index (χ0v) is 12.4. The van der Waals surface area contributed by atoms with Gasteiger partial charge in [-0.15, -0.1) is 0 Å². The molecular formula is C17H22NO3+. The monoisotopic (exact) mass is 288 g/mol. The smallest absolute Gasteiger partial charge is 0.336 e. The average Bonchev–Trinajstić information content (AvgIpc) is 2.50. The molecule has 1 aromatic carbocycles. The van der Waals surface area contributed by atoms with Crippen LogP contribution in [0.1, 0.15) is 37.3 Å². The minimum absolute atomic E-state index is 0.233. The third kappa shape index (κ3) is 2.81. The minimum Gasteiger partial charge on any atom is -0.507 e. The summed E-state index contributed by atoms with van der Waals surface area (Å²) in [7, 11) is 0. The first-order valence-corrected chi connectivity index (χ1v) is 7.80. The van der Waals surface area contributed by atoms with Gasteiger partial charge in [0.15, 0.2) is 5.58 Å². The van der Waals surface area contributed by atoms with Crippen LogP contribution in [0.4, 0.5) is 0 Å². The Kier molecular flexibility index (Phi) is 3.97. The lowest BCUT2D eigenvalue weighted by Gasteiger charge is -2.24. The molecule has 112 valence electrons. The number of benzene rings is 1. The number of aryl methyl sites for hydroxylation is 1. The predicted molar refractivity (Wildman–Crippen MR) is 81.8 cm³/mol. The van der Waals surface area contributed by atoms with E-state index in [1.54, 1.807) is 12.1 Å². The number of rotatable bonds is 3. The van der Waals surface area contributed by atoms with Gasteiger partial charge in [-0.05, 0) is 43.4 Å². The average molecular weight is 288 g/mol. The lowest BCUT2D eigenvalue weighted by molar-refractivity contribution is -0.918. The van der Waals surface area contributed by atoms with Gasteiger partial charge in [0.05, 0.1) is 18.7 Å². The van der Waals surface area contributed by atoms with E-state index in [9.17, 15) is 9.90 Å². The number of aromatic hydroxyl groups is 1. The number of quaternary nitrogens is 1. The second-order valence-corrected chi connectivity index (χ2v) is 5.87. The molecule has 0 bridgehead atoms. The maximum atomic E-state index is 11.8. The van der Waals surface area contributed by atoms with Crippen LogP contribution in [0.15, 0.2) is 27.4 Å². The van der Waals surface area contributed by atoms with Crippen LogP contribution in [0.5, 0.6) is 5.75 Å². The van der Waals surface area contributed by atoms with Crippen LogP contribution in [0.2, 0.25) is 0 Å². The molecule has 4 heteroatoms. The Balaban J connectivity index is 2.09. The van der Waals surface area contributed by atoms with Crippen molar-refractivity contribution in [1.82, 2.24) is 0 Å². The molecule has 0 aliphatic carbocycles. The number of fused-ring (bicyclic) bond motifs is 1. The van der Waals surface area contributed by atoms with Gasteiger partial charge in [-0.25, -0.2) is 4.79 Å². The summed E-state index contributed by atoms with van der Waals surface area (Å²) in [6.07, 6.45) is 4.53. The van der Waals surface area contributed by atoms with Crippen molar-refractivity contribution >= 4 is 11.0 Å². The zero-order chi connectivity index (χ0) is 14.8. The van der Waals surface area contributed by atoms with Crippen molar-refractivity contribution < 1.29 is 14.4 Å². The van der Waals surface area contributed by atoms with Gasteiger partial charge in [-0.1, -0.05) is 6.92 Å². The van der Waals surface area contributed by atoms with E-state index in [1.165, 1.54) is 24.2 Å². The van der Waals surface area contributed by atoms with E-state index in [4.69, 9.17) is 4.42 Å². The van der Waals surface area contributed by atoms with Gasteiger partial charge in [-0.2, -0.15) is 0 Å². The van der Waals surface area contributed by atoms with E-state index < -0.39 is 0 Å². The fraction of sp³-hybridized carbons (Fsp3) is 0.471. The molecule has 3 rings (SSSR count). The first-order chi connectivity index (χ1) is 10.2. The van der Waals surface area contributed by atoms with Gasteiger partial charge in [0.25, 0.3) is 0 Å². The van der Waals surface area contributed by atoms with E-state index in [-0.39, 0.29) is 11.4 Å². The van der Waals surface area contributed by atoms with E-state index in [1.807, 2.05) is 13.0 Å². The molecule has 0 unspecified atom stereocenters. The molecule has 1 aliphatic rings. The number of hydrogen-bond donors (Lipinski definition) is 2. The maximum absolute atomic E-state index is 11.8. The van der Waals surface area contributed by atoms with Crippen LogP contribution >= 0.6 is 0 Å². The van der Waals surface area contributed by atoms with Gasteiger partial charge in [0, 0.05) is 11.5 Å². The van der Waals surface area contributed by atoms with E-state index in [2.05, 4.69) is 0 Å². The molecule has 21 heavy (non-hydrogen) atoms. The highest BCUT2D eigenvalue weighted by Gasteiger charge is 2.20. The molecule has 1 aliphatic heterocycles. The molecule has 2 N–H and O–H groups in total. The van der Waals surface area contributed by atoms with Crippen LogP contribution in [0.3, 0.4) is 0 Å². The third-order valence-corrected chi connectivity index (χ3v) is 4.44. The quantitative estimate of drug-likeness (QED) is 0.844. The number of likely N-dealkylation sites (tertiary alicyclic amines) is 1. The van der Waals surface area contributed by atoms with Crippen LogP contribution < -0.4 is 10.5 Å². The fourth-order valence-corrected chi connectivity index (χ4v) is 3.28. The summed E-state index contributed by atoms with van der Waals surface area (Å²) in [5, 5.41) is 11.2. The molecule has 1 fully saturated rings. The van der Waals surface area contributed by atoms with Crippen molar-refractivity contribution in [3.05, 3.63) is 39.7 Å². The Bertz CT molecular complexity index is 699. The van der Waals surface area contributed by atoms with Gasteiger partial charge in [-0.3, -0.25) is 0 Å². The Morgan fingerprint density at radius 2 is 2.00 bits per heavy atom. The molecule has 0 spiro atoms. The third-order valence-electron chi connectivity index (χ3n) is 4.44. The molecule has 0 radical (unpaired) electrons. The molecule has 2 aromatic rings. The Labute approximate surface area is 124 Å². The normalized spacial score (nSPS) is 16.4. The molecular weight excluding hydrogens is 266 g/mol. The summed E-state index contributed by atoms with van der Waals surface area (Å²) in [5.41, 5.74) is 1.99. The van der Waals surface area contributed by atoms with Crippen molar-refractivity contribution in [2.24, 2.45) is 0 Å². The van der Waals surface area contributed by atoms with Crippen molar-refractivity contribution in [2.45, 2.75) is 39.2 Å². The van der Waals surface area contributed by atoms with Crippen LogP contribution in [-0.4, -0.2) is 18.2 Å². The summed E-state index contributed by atoms with van der Waals surface area (Å²) in [6, 6.07) is 5.12. The molecule has 0 atom stereocenters. The molecule has 0 amide bonds. The van der Waals surface area contributed by atoms with Crippen LogP contribution in [-0.2, 0) is 13.0 Å². The van der Waals surface area contributed by atoms with Crippen LogP contribution in [0, 0.1) is 0 Å². The van der Waals surface area contributed by atoms with Crippen molar-refractivity contribution in [2.75, 3.05) is 13.1 Å². The Hall–Kier alpha value is -1.81. The first-order valence-electron chi connectivity index (χ1n) is 7.80. The molecule has 1 aromatic heterocycles. The largest absolute Gasteiger partial charge is 0.507 e. The van der Waals surface area contributed by atoms with Gasteiger partial charge < -0.3 is 14.4 Å². The number of nitrogens with one attached hydrogen (secondary N) is 1. The molecule has 1 saturated heterocycles. The minimum atomic E-state index is -0.333. The molecule has 2 heterocycles. The number of phenols is 1. The van der Waals surface area contributed by atoms with Gasteiger partial charge in [0.2, 0.25) is 0 Å². The summed E-state index contributed by atoms with van der Waals surface area (Å²) >= 11 is 0. The highest BCUT2D eigenvalue weighted by Crippen LogP contribution is 2.28. The second kappa shape index (κ2) is 5.90. The van der Waals surface area contributed by atoms with E-state index >= 15 is 0 Å². The first kappa shape index (κ1) is 14.1. The fourth-order valence-electron chi connectivity index (χ4n) is 3.28.